The van der Waals surface area contributed by atoms with Crippen LogP contribution in [0.2, 0.25) is 5.15 Å². The maximum atomic E-state index is 11.8. The van der Waals surface area contributed by atoms with Crippen molar-refractivity contribution in [3.05, 3.63) is 26.9 Å². The van der Waals surface area contributed by atoms with Gasteiger partial charge in [0.2, 0.25) is 5.91 Å². The lowest BCUT2D eigenvalue weighted by molar-refractivity contribution is -0.113. The molecule has 2 rings (SSSR count). The molecule has 9 heteroatoms. The first-order valence-electron chi connectivity index (χ1n) is 5.15. The van der Waals surface area contributed by atoms with Gasteiger partial charge in [0.05, 0.1) is 17.6 Å². The quantitative estimate of drug-likeness (QED) is 0.510. The van der Waals surface area contributed by atoms with E-state index < -0.39 is 0 Å². The Morgan fingerprint density at radius 2 is 2.47 bits per heavy atom. The zero-order valence-corrected chi connectivity index (χ0v) is 13.0. The molecule has 0 bridgehead atoms. The standard InChI is InChI=1S/C10H9ClN4OS3/c1-5-2-7(11)12-3-6(5)13-8(16)4-18-10-15-14-9(17)19-10/h2-3H,4H2,1H3,(H,13,16)(H,14,17). The number of rotatable bonds is 4. The topological polar surface area (TPSA) is 70.7 Å². The van der Waals surface area contributed by atoms with Crippen molar-refractivity contribution in [1.29, 1.82) is 0 Å². The Labute approximate surface area is 127 Å². The average Bonchev–Trinajstić information content (AvgIpc) is 2.76. The summed E-state index contributed by atoms with van der Waals surface area (Å²) in [6.07, 6.45) is 1.54. The molecular weight excluding hydrogens is 324 g/mol. The maximum absolute atomic E-state index is 11.8. The van der Waals surface area contributed by atoms with Gasteiger partial charge in [-0.25, -0.2) is 4.98 Å². The van der Waals surface area contributed by atoms with Gasteiger partial charge in [-0.1, -0.05) is 34.7 Å². The summed E-state index contributed by atoms with van der Waals surface area (Å²) in [7, 11) is 0. The van der Waals surface area contributed by atoms with Gasteiger partial charge in [-0.15, -0.1) is 0 Å². The van der Waals surface area contributed by atoms with Crippen LogP contribution in [0.15, 0.2) is 16.6 Å². The lowest BCUT2D eigenvalue weighted by Gasteiger charge is -2.07. The highest BCUT2D eigenvalue weighted by Crippen LogP contribution is 2.21. The SMILES string of the molecule is Cc1cc(Cl)ncc1NC(=O)CSc1n[nH]c(=S)s1. The molecule has 100 valence electrons. The lowest BCUT2D eigenvalue weighted by atomic mass is 10.2. The molecule has 0 radical (unpaired) electrons. The largest absolute Gasteiger partial charge is 0.324 e. The highest BCUT2D eigenvalue weighted by atomic mass is 35.5. The number of hydrogen-bond donors (Lipinski definition) is 2. The summed E-state index contributed by atoms with van der Waals surface area (Å²) in [5, 5.41) is 9.81. The van der Waals surface area contributed by atoms with Gasteiger partial charge >= 0.3 is 0 Å². The van der Waals surface area contributed by atoms with E-state index in [9.17, 15) is 4.79 Å². The van der Waals surface area contributed by atoms with Gasteiger partial charge < -0.3 is 5.32 Å². The van der Waals surface area contributed by atoms with E-state index in [1.165, 1.54) is 23.1 Å². The molecule has 0 atom stereocenters. The molecule has 0 aliphatic rings. The molecule has 5 nitrogen and oxygen atoms in total. The minimum absolute atomic E-state index is 0.127. The second kappa shape index (κ2) is 6.47. The van der Waals surface area contributed by atoms with Gasteiger partial charge in [-0.05, 0) is 30.8 Å². The number of amides is 1. The summed E-state index contributed by atoms with van der Waals surface area (Å²) in [5.74, 6) is 0.136. The normalized spacial score (nSPS) is 10.4. The van der Waals surface area contributed by atoms with Crippen molar-refractivity contribution in [2.45, 2.75) is 11.3 Å². The van der Waals surface area contributed by atoms with E-state index in [4.69, 9.17) is 23.8 Å². The number of hydrogen-bond acceptors (Lipinski definition) is 6. The lowest BCUT2D eigenvalue weighted by Crippen LogP contribution is -2.15. The van der Waals surface area contributed by atoms with Crippen molar-refractivity contribution in [2.75, 3.05) is 11.1 Å². The zero-order valence-electron chi connectivity index (χ0n) is 9.77. The van der Waals surface area contributed by atoms with Crippen LogP contribution in [-0.2, 0) is 4.79 Å². The van der Waals surface area contributed by atoms with E-state index >= 15 is 0 Å². The fourth-order valence-electron chi connectivity index (χ4n) is 1.24. The number of aromatic nitrogens is 3. The van der Waals surface area contributed by atoms with Crippen LogP contribution in [0, 0.1) is 10.9 Å². The first-order valence-corrected chi connectivity index (χ1v) is 7.74. The number of nitrogens with one attached hydrogen (secondary N) is 2. The van der Waals surface area contributed by atoms with Gasteiger partial charge in [0, 0.05) is 0 Å². The van der Waals surface area contributed by atoms with E-state index in [1.807, 2.05) is 6.92 Å². The predicted octanol–water partition coefficient (Wildman–Crippen LogP) is 3.29. The third-order valence-electron chi connectivity index (χ3n) is 2.10. The summed E-state index contributed by atoms with van der Waals surface area (Å²) in [6.45, 7) is 1.86. The molecular formula is C10H9ClN4OS3. The van der Waals surface area contributed by atoms with Crippen LogP contribution in [0.25, 0.3) is 0 Å². The van der Waals surface area contributed by atoms with Crippen LogP contribution >= 0.6 is 46.9 Å². The number of halogens is 1. The van der Waals surface area contributed by atoms with Crippen molar-refractivity contribution in [2.24, 2.45) is 0 Å². The number of carbonyl (C=O) groups is 1. The minimum Gasteiger partial charge on any atom is -0.324 e. The Balaban J connectivity index is 1.92. The molecule has 1 amide bonds. The third kappa shape index (κ3) is 4.27. The van der Waals surface area contributed by atoms with Crippen molar-refractivity contribution in [1.82, 2.24) is 15.2 Å². The molecule has 0 unspecified atom stereocenters. The molecule has 0 fully saturated rings. The molecule has 2 aromatic heterocycles. The Morgan fingerprint density at radius 3 is 3.11 bits per heavy atom. The number of carbonyl (C=O) groups excluding carboxylic acids is 1. The van der Waals surface area contributed by atoms with E-state index in [2.05, 4.69) is 20.5 Å². The number of thioether (sulfide) groups is 1. The number of pyridine rings is 1. The first kappa shape index (κ1) is 14.4. The monoisotopic (exact) mass is 332 g/mol. The second-order valence-corrected chi connectivity index (χ2v) is 6.81. The van der Waals surface area contributed by atoms with Gasteiger partial charge in [0.1, 0.15) is 5.15 Å². The Hall–Kier alpha value is -0.960. The van der Waals surface area contributed by atoms with Gasteiger partial charge in [-0.3, -0.25) is 9.89 Å². The number of H-pyrrole nitrogens is 1. The molecule has 2 heterocycles. The van der Waals surface area contributed by atoms with Crippen molar-refractivity contribution < 1.29 is 4.79 Å². The van der Waals surface area contributed by atoms with Crippen molar-refractivity contribution in [3.63, 3.8) is 0 Å². The van der Waals surface area contributed by atoms with E-state index in [0.29, 0.717) is 14.8 Å². The summed E-state index contributed by atoms with van der Waals surface area (Å²) in [5.41, 5.74) is 1.53. The van der Waals surface area contributed by atoms with Crippen LogP contribution in [0.5, 0.6) is 0 Å². The van der Waals surface area contributed by atoms with E-state index in [-0.39, 0.29) is 11.7 Å². The van der Waals surface area contributed by atoms with Crippen molar-refractivity contribution in [3.8, 4) is 0 Å². The van der Waals surface area contributed by atoms with Crippen LogP contribution in [-0.4, -0.2) is 26.8 Å². The van der Waals surface area contributed by atoms with Crippen molar-refractivity contribution >= 4 is 58.5 Å². The van der Waals surface area contributed by atoms with E-state index in [0.717, 1.165) is 9.90 Å². The van der Waals surface area contributed by atoms with Gasteiger partial charge in [-0.2, -0.15) is 5.10 Å². The number of nitrogens with zero attached hydrogens (tertiary/aromatic N) is 2. The molecule has 19 heavy (non-hydrogen) atoms. The summed E-state index contributed by atoms with van der Waals surface area (Å²) < 4.78 is 1.34. The fraction of sp³-hybridized carbons (Fsp3) is 0.200. The highest BCUT2D eigenvalue weighted by molar-refractivity contribution is 8.01. The number of anilines is 1. The average molecular weight is 333 g/mol. The predicted molar refractivity (Wildman–Crippen MR) is 80.6 cm³/mol. The molecule has 2 aromatic rings. The highest BCUT2D eigenvalue weighted by Gasteiger charge is 2.08. The van der Waals surface area contributed by atoms with Crippen LogP contribution in [0.3, 0.4) is 0 Å². The smallest absolute Gasteiger partial charge is 0.234 e. The summed E-state index contributed by atoms with van der Waals surface area (Å²) in [6, 6.07) is 1.70. The number of aromatic amines is 1. The molecule has 0 aromatic carbocycles. The van der Waals surface area contributed by atoms with Gasteiger partial charge in [0.15, 0.2) is 8.29 Å². The Bertz CT molecular complexity index is 654. The molecule has 0 aliphatic carbocycles. The molecule has 0 spiro atoms. The minimum atomic E-state index is -0.127. The summed E-state index contributed by atoms with van der Waals surface area (Å²) in [4.78, 5) is 15.7. The Morgan fingerprint density at radius 1 is 1.68 bits per heavy atom. The van der Waals surface area contributed by atoms with Gasteiger partial charge in [0.25, 0.3) is 0 Å². The Kier molecular flexibility index (Phi) is 4.92. The fourth-order valence-corrected chi connectivity index (χ4v) is 3.34. The zero-order chi connectivity index (χ0) is 13.8. The third-order valence-corrected chi connectivity index (χ3v) is 4.54. The number of aryl methyl sites for hydroxylation is 1. The first-order chi connectivity index (χ1) is 9.04. The molecule has 0 saturated carbocycles. The van der Waals surface area contributed by atoms with E-state index in [1.54, 1.807) is 12.3 Å². The van der Waals surface area contributed by atoms with Crippen LogP contribution in [0.4, 0.5) is 5.69 Å². The summed E-state index contributed by atoms with van der Waals surface area (Å²) >= 11 is 13.3. The second-order valence-electron chi connectivity index (χ2n) is 3.54. The molecule has 0 aliphatic heterocycles. The molecule has 2 N–H and O–H groups in total. The van der Waals surface area contributed by atoms with Crippen LogP contribution in [0.1, 0.15) is 5.56 Å². The molecule has 0 saturated heterocycles. The maximum Gasteiger partial charge on any atom is 0.234 e. The van der Waals surface area contributed by atoms with Crippen LogP contribution < -0.4 is 5.32 Å².